The van der Waals surface area contributed by atoms with E-state index in [1.54, 1.807) is 12.3 Å². The lowest BCUT2D eigenvalue weighted by atomic mass is 10.0. The first kappa shape index (κ1) is 15.1. The number of aryl methyl sites for hydroxylation is 1. The average molecular weight is 337 g/mol. The molecule has 1 heterocycles. The van der Waals surface area contributed by atoms with Gasteiger partial charge in [-0.1, -0.05) is 13.0 Å². The standard InChI is InChI=1S/C16H18BrFN2/c1-3-6-19-15(16-14(17)5-4-7-20-16)12-8-11(2)9-13(18)10-12/h4-5,7-10,15,19H,3,6H2,1-2H3. The minimum atomic E-state index is -0.213. The summed E-state index contributed by atoms with van der Waals surface area (Å²) in [4.78, 5) is 4.44. The van der Waals surface area contributed by atoms with E-state index in [-0.39, 0.29) is 11.9 Å². The van der Waals surface area contributed by atoms with Crippen LogP contribution in [0.4, 0.5) is 4.39 Å². The minimum Gasteiger partial charge on any atom is -0.305 e. The highest BCUT2D eigenvalue weighted by molar-refractivity contribution is 9.10. The molecule has 2 rings (SSSR count). The maximum Gasteiger partial charge on any atom is 0.123 e. The summed E-state index contributed by atoms with van der Waals surface area (Å²) < 4.78 is 14.6. The van der Waals surface area contributed by atoms with Crippen molar-refractivity contribution < 1.29 is 4.39 Å². The Balaban J connectivity index is 2.44. The van der Waals surface area contributed by atoms with Gasteiger partial charge in [-0.05, 0) is 71.2 Å². The molecular weight excluding hydrogens is 319 g/mol. The van der Waals surface area contributed by atoms with Crippen molar-refractivity contribution >= 4 is 15.9 Å². The Morgan fingerprint density at radius 1 is 1.35 bits per heavy atom. The van der Waals surface area contributed by atoms with Crippen molar-refractivity contribution in [3.8, 4) is 0 Å². The number of hydrogen-bond acceptors (Lipinski definition) is 2. The van der Waals surface area contributed by atoms with Gasteiger partial charge in [0.2, 0.25) is 0 Å². The predicted octanol–water partition coefficient (Wildman–Crippen LogP) is 4.38. The zero-order valence-corrected chi connectivity index (χ0v) is 13.2. The van der Waals surface area contributed by atoms with Crippen LogP contribution < -0.4 is 5.32 Å². The number of pyridine rings is 1. The minimum absolute atomic E-state index is 0.111. The second-order valence-corrected chi connectivity index (χ2v) is 5.67. The zero-order chi connectivity index (χ0) is 14.5. The first-order valence-corrected chi connectivity index (χ1v) is 7.52. The zero-order valence-electron chi connectivity index (χ0n) is 11.7. The van der Waals surface area contributed by atoms with Crippen LogP contribution in [0.25, 0.3) is 0 Å². The number of rotatable bonds is 5. The SMILES string of the molecule is CCCNC(c1cc(C)cc(F)c1)c1ncccc1Br. The van der Waals surface area contributed by atoms with E-state index in [0.29, 0.717) is 0 Å². The van der Waals surface area contributed by atoms with Crippen molar-refractivity contribution in [2.24, 2.45) is 0 Å². The number of halogens is 2. The molecule has 106 valence electrons. The van der Waals surface area contributed by atoms with Gasteiger partial charge in [0.15, 0.2) is 0 Å². The average Bonchev–Trinajstić information content (AvgIpc) is 2.40. The summed E-state index contributed by atoms with van der Waals surface area (Å²) in [6, 6.07) is 8.82. The van der Waals surface area contributed by atoms with Gasteiger partial charge in [0.1, 0.15) is 5.82 Å². The van der Waals surface area contributed by atoms with E-state index < -0.39 is 0 Å². The Labute approximate surface area is 127 Å². The van der Waals surface area contributed by atoms with Gasteiger partial charge in [-0.15, -0.1) is 0 Å². The van der Waals surface area contributed by atoms with Crippen LogP contribution in [0.1, 0.15) is 36.2 Å². The number of benzene rings is 1. The van der Waals surface area contributed by atoms with Gasteiger partial charge in [0.25, 0.3) is 0 Å². The fourth-order valence-corrected chi connectivity index (χ4v) is 2.69. The van der Waals surface area contributed by atoms with Crippen LogP contribution in [0.2, 0.25) is 0 Å². The molecule has 0 spiro atoms. The van der Waals surface area contributed by atoms with Crippen LogP contribution in [-0.2, 0) is 0 Å². The van der Waals surface area contributed by atoms with E-state index in [9.17, 15) is 4.39 Å². The number of hydrogen-bond donors (Lipinski definition) is 1. The summed E-state index contributed by atoms with van der Waals surface area (Å²) in [6.07, 6.45) is 2.77. The fraction of sp³-hybridized carbons (Fsp3) is 0.312. The first-order chi connectivity index (χ1) is 9.61. The third kappa shape index (κ3) is 3.64. The van der Waals surface area contributed by atoms with Crippen LogP contribution in [0, 0.1) is 12.7 Å². The van der Waals surface area contributed by atoms with Gasteiger partial charge >= 0.3 is 0 Å². The molecule has 0 radical (unpaired) electrons. The summed E-state index contributed by atoms with van der Waals surface area (Å²) in [6.45, 7) is 4.86. The molecule has 1 aromatic carbocycles. The number of aromatic nitrogens is 1. The van der Waals surface area contributed by atoms with Gasteiger partial charge in [0.05, 0.1) is 11.7 Å². The molecule has 0 bridgehead atoms. The molecule has 1 unspecified atom stereocenters. The Morgan fingerprint density at radius 2 is 2.15 bits per heavy atom. The third-order valence-electron chi connectivity index (χ3n) is 3.06. The van der Waals surface area contributed by atoms with Crippen LogP contribution in [0.3, 0.4) is 0 Å². The lowest BCUT2D eigenvalue weighted by Crippen LogP contribution is -2.24. The normalized spacial score (nSPS) is 12.4. The van der Waals surface area contributed by atoms with Crippen LogP contribution >= 0.6 is 15.9 Å². The van der Waals surface area contributed by atoms with Crippen LogP contribution in [-0.4, -0.2) is 11.5 Å². The van der Waals surface area contributed by atoms with Crippen LogP contribution in [0.15, 0.2) is 41.0 Å². The summed E-state index contributed by atoms with van der Waals surface area (Å²) >= 11 is 3.53. The molecule has 20 heavy (non-hydrogen) atoms. The van der Waals surface area contributed by atoms with Crippen molar-refractivity contribution in [3.63, 3.8) is 0 Å². The molecule has 0 saturated heterocycles. The Hall–Kier alpha value is -1.26. The molecule has 2 nitrogen and oxygen atoms in total. The molecular formula is C16H18BrFN2. The van der Waals surface area contributed by atoms with Gasteiger partial charge in [-0.25, -0.2) is 4.39 Å². The van der Waals surface area contributed by atoms with E-state index >= 15 is 0 Å². The van der Waals surface area contributed by atoms with Crippen molar-refractivity contribution in [1.29, 1.82) is 0 Å². The van der Waals surface area contributed by atoms with Gasteiger partial charge in [-0.3, -0.25) is 4.98 Å². The number of nitrogens with zero attached hydrogens (tertiary/aromatic N) is 1. The smallest absolute Gasteiger partial charge is 0.123 e. The second-order valence-electron chi connectivity index (χ2n) is 4.82. The van der Waals surface area contributed by atoms with Crippen molar-refractivity contribution in [2.45, 2.75) is 26.3 Å². The summed E-state index contributed by atoms with van der Waals surface area (Å²) in [5.41, 5.74) is 2.69. The Kier molecular flexibility index (Phi) is 5.26. The van der Waals surface area contributed by atoms with Crippen LogP contribution in [0.5, 0.6) is 0 Å². The second kappa shape index (κ2) is 6.95. The molecule has 0 amide bonds. The monoisotopic (exact) mass is 336 g/mol. The molecule has 2 aromatic rings. The highest BCUT2D eigenvalue weighted by Crippen LogP contribution is 2.27. The maximum absolute atomic E-state index is 13.7. The Bertz CT molecular complexity index is 566. The Morgan fingerprint density at radius 3 is 2.80 bits per heavy atom. The highest BCUT2D eigenvalue weighted by atomic mass is 79.9. The van der Waals surface area contributed by atoms with Gasteiger partial charge < -0.3 is 5.32 Å². The fourth-order valence-electron chi connectivity index (χ4n) is 2.20. The summed E-state index contributed by atoms with van der Waals surface area (Å²) in [5, 5.41) is 3.44. The quantitative estimate of drug-likeness (QED) is 0.876. The van der Waals surface area contributed by atoms with Gasteiger partial charge in [0, 0.05) is 10.7 Å². The van der Waals surface area contributed by atoms with E-state index in [1.807, 2.05) is 25.1 Å². The molecule has 0 saturated carbocycles. The summed E-state index contributed by atoms with van der Waals surface area (Å²) in [5.74, 6) is -0.213. The number of nitrogens with one attached hydrogen (secondary N) is 1. The largest absolute Gasteiger partial charge is 0.305 e. The first-order valence-electron chi connectivity index (χ1n) is 6.72. The molecule has 0 aliphatic carbocycles. The van der Waals surface area contributed by atoms with Crippen molar-refractivity contribution in [2.75, 3.05) is 6.54 Å². The van der Waals surface area contributed by atoms with Crippen molar-refractivity contribution in [1.82, 2.24) is 10.3 Å². The maximum atomic E-state index is 13.7. The van der Waals surface area contributed by atoms with E-state index in [0.717, 1.165) is 34.3 Å². The highest BCUT2D eigenvalue weighted by Gasteiger charge is 2.18. The molecule has 0 fully saturated rings. The summed E-state index contributed by atoms with van der Waals surface area (Å²) in [7, 11) is 0. The third-order valence-corrected chi connectivity index (χ3v) is 3.73. The molecule has 1 aromatic heterocycles. The van der Waals surface area contributed by atoms with E-state index in [2.05, 4.69) is 33.2 Å². The van der Waals surface area contributed by atoms with E-state index in [4.69, 9.17) is 0 Å². The predicted molar refractivity (Wildman–Crippen MR) is 83.2 cm³/mol. The molecule has 1 N–H and O–H groups in total. The molecule has 1 atom stereocenters. The van der Waals surface area contributed by atoms with Crippen molar-refractivity contribution in [3.05, 3.63) is 63.6 Å². The van der Waals surface area contributed by atoms with Gasteiger partial charge in [-0.2, -0.15) is 0 Å². The molecule has 0 aliphatic rings. The molecule has 0 aliphatic heterocycles. The van der Waals surface area contributed by atoms with E-state index in [1.165, 1.54) is 6.07 Å². The lowest BCUT2D eigenvalue weighted by Gasteiger charge is -2.20. The lowest BCUT2D eigenvalue weighted by molar-refractivity contribution is 0.573. The topological polar surface area (TPSA) is 24.9 Å². The molecule has 4 heteroatoms.